The van der Waals surface area contributed by atoms with Crippen LogP contribution in [0.2, 0.25) is 5.02 Å². The van der Waals surface area contributed by atoms with E-state index in [1.165, 1.54) is 0 Å². The highest BCUT2D eigenvalue weighted by Crippen LogP contribution is 2.38. The third-order valence-corrected chi connectivity index (χ3v) is 4.79. The van der Waals surface area contributed by atoms with Gasteiger partial charge in [-0.05, 0) is 24.6 Å². The summed E-state index contributed by atoms with van der Waals surface area (Å²) in [7, 11) is 1.83. The molecule has 0 bridgehead atoms. The lowest BCUT2D eigenvalue weighted by Crippen LogP contribution is -1.96. The fourth-order valence-corrected chi connectivity index (χ4v) is 3.75. The van der Waals surface area contributed by atoms with Gasteiger partial charge in [0.1, 0.15) is 5.82 Å². The predicted octanol–water partition coefficient (Wildman–Crippen LogP) is 3.77. The highest BCUT2D eigenvalue weighted by molar-refractivity contribution is 8.01. The summed E-state index contributed by atoms with van der Waals surface area (Å²) in [5, 5.41) is 5.13. The van der Waals surface area contributed by atoms with Crippen molar-refractivity contribution in [3.63, 3.8) is 0 Å². The van der Waals surface area contributed by atoms with Crippen molar-refractivity contribution >= 4 is 40.9 Å². The molecule has 1 aromatic heterocycles. The molecule has 0 aliphatic heterocycles. The van der Waals surface area contributed by atoms with Crippen molar-refractivity contribution in [2.75, 3.05) is 18.2 Å². The van der Waals surface area contributed by atoms with Gasteiger partial charge in [-0.2, -0.15) is 5.10 Å². The van der Waals surface area contributed by atoms with E-state index in [1.807, 2.05) is 31.7 Å². The number of benzene rings is 1. The number of aryl methyl sites for hydroxylation is 1. The van der Waals surface area contributed by atoms with Crippen molar-refractivity contribution in [1.29, 1.82) is 0 Å². The minimum Gasteiger partial charge on any atom is -0.384 e. The topological polar surface area (TPSA) is 43.8 Å². The third-order valence-electron chi connectivity index (χ3n) is 2.65. The Balaban J connectivity index is 2.55. The molecule has 0 aliphatic rings. The molecule has 0 saturated carbocycles. The Bertz CT molecular complexity index is 561. The SMILES string of the molecule is CSc1cc(-c2cc(N)n(C)n2)cc(Cl)c1SC. The van der Waals surface area contributed by atoms with E-state index in [4.69, 9.17) is 17.3 Å². The molecule has 2 aromatic rings. The van der Waals surface area contributed by atoms with E-state index in [0.717, 1.165) is 26.1 Å². The minimum atomic E-state index is 0.640. The van der Waals surface area contributed by atoms with Crippen LogP contribution in [0.25, 0.3) is 11.3 Å². The average Bonchev–Trinajstić information content (AvgIpc) is 2.68. The maximum Gasteiger partial charge on any atom is 0.121 e. The molecular weight excluding hydrogens is 286 g/mol. The van der Waals surface area contributed by atoms with E-state index >= 15 is 0 Å². The molecule has 1 aromatic carbocycles. The van der Waals surface area contributed by atoms with E-state index in [9.17, 15) is 0 Å². The molecule has 0 saturated heterocycles. The first kappa shape index (κ1) is 13.6. The van der Waals surface area contributed by atoms with Gasteiger partial charge in [0.25, 0.3) is 0 Å². The van der Waals surface area contributed by atoms with Gasteiger partial charge in [-0.1, -0.05) is 11.6 Å². The predicted molar refractivity (Wildman–Crippen MR) is 81.6 cm³/mol. The number of nitrogen functional groups attached to an aromatic ring is 1. The van der Waals surface area contributed by atoms with Crippen LogP contribution >= 0.6 is 35.1 Å². The maximum absolute atomic E-state index is 6.31. The molecule has 6 heteroatoms. The first-order valence-corrected chi connectivity index (χ1v) is 8.11. The fourth-order valence-electron chi connectivity index (χ4n) is 1.69. The standard InChI is InChI=1S/C12H14ClN3S2/c1-16-11(14)6-9(15-16)7-4-8(13)12(18-3)10(5-7)17-2/h4-6H,14H2,1-3H3. The summed E-state index contributed by atoms with van der Waals surface area (Å²) in [6.45, 7) is 0. The molecule has 0 amide bonds. The molecule has 0 fully saturated rings. The number of aromatic nitrogens is 2. The van der Waals surface area contributed by atoms with Crippen LogP contribution in [0, 0.1) is 0 Å². The van der Waals surface area contributed by atoms with Gasteiger partial charge in [0.15, 0.2) is 0 Å². The van der Waals surface area contributed by atoms with Crippen LogP contribution in [0.15, 0.2) is 28.0 Å². The molecule has 0 unspecified atom stereocenters. The second-order valence-corrected chi connectivity index (χ2v) is 5.84. The molecule has 0 aliphatic carbocycles. The van der Waals surface area contributed by atoms with Gasteiger partial charge in [0, 0.05) is 28.5 Å². The Hall–Kier alpha value is -0.780. The summed E-state index contributed by atoms with van der Waals surface area (Å²) in [6, 6.07) is 5.90. The Kier molecular flexibility index (Phi) is 4.14. The van der Waals surface area contributed by atoms with E-state index < -0.39 is 0 Å². The number of nitrogens with two attached hydrogens (primary N) is 1. The number of thioether (sulfide) groups is 2. The van der Waals surface area contributed by atoms with Gasteiger partial charge in [-0.15, -0.1) is 23.5 Å². The van der Waals surface area contributed by atoms with Crippen molar-refractivity contribution in [2.45, 2.75) is 9.79 Å². The van der Waals surface area contributed by atoms with Crippen molar-refractivity contribution < 1.29 is 0 Å². The second kappa shape index (κ2) is 5.47. The quantitative estimate of drug-likeness (QED) is 0.876. The summed E-state index contributed by atoms with van der Waals surface area (Å²) < 4.78 is 1.66. The number of anilines is 1. The normalized spacial score (nSPS) is 10.9. The molecule has 0 radical (unpaired) electrons. The van der Waals surface area contributed by atoms with Gasteiger partial charge in [-0.3, -0.25) is 4.68 Å². The molecule has 2 rings (SSSR count). The summed E-state index contributed by atoms with van der Waals surface area (Å²) in [5.74, 6) is 0.640. The summed E-state index contributed by atoms with van der Waals surface area (Å²) in [4.78, 5) is 2.27. The lowest BCUT2D eigenvalue weighted by atomic mass is 10.1. The average molecular weight is 300 g/mol. The van der Waals surface area contributed by atoms with Crippen LogP contribution in [0.4, 0.5) is 5.82 Å². The Morgan fingerprint density at radius 1 is 1.22 bits per heavy atom. The second-order valence-electron chi connectivity index (χ2n) is 3.77. The van der Waals surface area contributed by atoms with Crippen LogP contribution < -0.4 is 5.73 Å². The van der Waals surface area contributed by atoms with Crippen molar-refractivity contribution in [2.24, 2.45) is 7.05 Å². The number of rotatable bonds is 3. The van der Waals surface area contributed by atoms with Gasteiger partial charge in [0.05, 0.1) is 10.7 Å². The Morgan fingerprint density at radius 2 is 1.94 bits per heavy atom. The zero-order chi connectivity index (χ0) is 13.3. The molecule has 2 N–H and O–H groups in total. The summed E-state index contributed by atoms with van der Waals surface area (Å²) in [5.41, 5.74) is 7.64. The summed E-state index contributed by atoms with van der Waals surface area (Å²) in [6.07, 6.45) is 4.07. The van der Waals surface area contributed by atoms with Gasteiger partial charge >= 0.3 is 0 Å². The molecule has 0 spiro atoms. The fraction of sp³-hybridized carbons (Fsp3) is 0.250. The largest absolute Gasteiger partial charge is 0.384 e. The first-order chi connectivity index (χ1) is 8.56. The van der Waals surface area contributed by atoms with Crippen LogP contribution in [-0.4, -0.2) is 22.3 Å². The Morgan fingerprint density at radius 3 is 2.44 bits per heavy atom. The number of hydrogen-bond donors (Lipinski definition) is 1. The van der Waals surface area contributed by atoms with Gasteiger partial charge < -0.3 is 5.73 Å². The first-order valence-electron chi connectivity index (χ1n) is 5.28. The molecule has 18 heavy (non-hydrogen) atoms. The maximum atomic E-state index is 6.31. The summed E-state index contributed by atoms with van der Waals surface area (Å²) >= 11 is 9.65. The zero-order valence-corrected chi connectivity index (χ0v) is 12.8. The number of hydrogen-bond acceptors (Lipinski definition) is 4. The van der Waals surface area contributed by atoms with Crippen LogP contribution in [-0.2, 0) is 7.05 Å². The highest BCUT2D eigenvalue weighted by Gasteiger charge is 2.12. The number of nitrogens with zero attached hydrogens (tertiary/aromatic N) is 2. The zero-order valence-electron chi connectivity index (χ0n) is 10.4. The molecule has 0 atom stereocenters. The van der Waals surface area contributed by atoms with Crippen LogP contribution in [0.1, 0.15) is 0 Å². The molecular formula is C12H14ClN3S2. The van der Waals surface area contributed by atoms with Crippen LogP contribution in [0.3, 0.4) is 0 Å². The smallest absolute Gasteiger partial charge is 0.121 e. The Labute approximate surface area is 120 Å². The third kappa shape index (κ3) is 2.48. The van der Waals surface area contributed by atoms with Crippen molar-refractivity contribution in [1.82, 2.24) is 9.78 Å². The van der Waals surface area contributed by atoms with Crippen LogP contribution in [0.5, 0.6) is 0 Å². The van der Waals surface area contributed by atoms with E-state index in [0.29, 0.717) is 5.82 Å². The highest BCUT2D eigenvalue weighted by atomic mass is 35.5. The van der Waals surface area contributed by atoms with Gasteiger partial charge in [-0.25, -0.2) is 0 Å². The monoisotopic (exact) mass is 299 g/mol. The molecule has 3 nitrogen and oxygen atoms in total. The number of halogens is 1. The van der Waals surface area contributed by atoms with Crippen molar-refractivity contribution in [3.05, 3.63) is 23.2 Å². The minimum absolute atomic E-state index is 0.640. The van der Waals surface area contributed by atoms with E-state index in [-0.39, 0.29) is 0 Å². The molecule has 96 valence electrons. The lowest BCUT2D eigenvalue weighted by molar-refractivity contribution is 0.782. The van der Waals surface area contributed by atoms with Gasteiger partial charge in [0.2, 0.25) is 0 Å². The lowest BCUT2D eigenvalue weighted by Gasteiger charge is -2.09. The van der Waals surface area contributed by atoms with E-state index in [2.05, 4.69) is 11.2 Å². The van der Waals surface area contributed by atoms with Crippen molar-refractivity contribution in [3.8, 4) is 11.3 Å². The molecule has 1 heterocycles. The van der Waals surface area contributed by atoms with E-state index in [1.54, 1.807) is 28.2 Å².